The Morgan fingerprint density at radius 3 is 2.68 bits per heavy atom. The lowest BCUT2D eigenvalue weighted by atomic mass is 10.1. The second kappa shape index (κ2) is 17.7. The Labute approximate surface area is 226 Å². The van der Waals surface area contributed by atoms with E-state index in [1.165, 1.54) is 24.7 Å². The Balaban J connectivity index is 0.000000294. The first kappa shape index (κ1) is 30.6. The maximum Gasteiger partial charge on any atom is 0.314 e. The molecular weight excluding hydrogens is 484 g/mol. The minimum atomic E-state index is -0.0705. The van der Waals surface area contributed by atoms with Gasteiger partial charge in [-0.2, -0.15) is 11.8 Å². The third-order valence-electron chi connectivity index (χ3n) is 6.05. The molecule has 9 heteroatoms. The molecule has 0 spiro atoms. The molecule has 37 heavy (non-hydrogen) atoms. The lowest BCUT2D eigenvalue weighted by Crippen LogP contribution is -2.37. The zero-order chi connectivity index (χ0) is 26.9. The van der Waals surface area contributed by atoms with Gasteiger partial charge in [0.2, 0.25) is 0 Å². The van der Waals surface area contributed by atoms with E-state index < -0.39 is 0 Å². The van der Waals surface area contributed by atoms with E-state index in [2.05, 4.69) is 58.5 Å². The largest absolute Gasteiger partial charge is 0.382 e. The number of benzene rings is 1. The molecule has 1 aliphatic rings. The number of carbonyl (C=O) groups is 1. The molecular formula is C28H44N6O2S. The Kier molecular flexibility index (Phi) is 14.7. The van der Waals surface area contributed by atoms with Crippen LogP contribution < -0.4 is 16.4 Å². The number of nitrogens with one attached hydrogen (secondary N) is 2. The number of rotatable bonds is 12. The molecule has 0 aliphatic carbocycles. The average molecular weight is 529 g/mol. The van der Waals surface area contributed by atoms with Crippen molar-refractivity contribution in [1.29, 1.82) is 0 Å². The Bertz CT molecular complexity index is 923. The number of thioether (sulfide) groups is 1. The van der Waals surface area contributed by atoms with Crippen LogP contribution in [0.25, 0.3) is 0 Å². The monoisotopic (exact) mass is 528 g/mol. The number of hydrogen-bond donors (Lipinski definition) is 3. The third-order valence-corrected chi connectivity index (χ3v) is 7.24. The summed E-state index contributed by atoms with van der Waals surface area (Å²) in [6.07, 6.45) is 9.52. The molecule has 0 bridgehead atoms. The van der Waals surface area contributed by atoms with Crippen LogP contribution in [0.2, 0.25) is 0 Å². The van der Waals surface area contributed by atoms with Gasteiger partial charge in [-0.25, -0.2) is 14.8 Å². The van der Waals surface area contributed by atoms with Gasteiger partial charge < -0.3 is 21.1 Å². The summed E-state index contributed by atoms with van der Waals surface area (Å²) >= 11 is 1.92. The predicted octanol–water partition coefficient (Wildman–Crippen LogP) is 5.33. The smallest absolute Gasteiger partial charge is 0.314 e. The van der Waals surface area contributed by atoms with Crippen LogP contribution in [0, 0.1) is 12.8 Å². The van der Waals surface area contributed by atoms with Crippen LogP contribution in [0.15, 0.2) is 41.7 Å². The summed E-state index contributed by atoms with van der Waals surface area (Å²) in [4.78, 5) is 23.9. The topological polar surface area (TPSA) is 115 Å². The molecule has 2 amide bonds. The minimum Gasteiger partial charge on any atom is -0.382 e. The molecule has 4 N–H and O–H groups in total. The van der Waals surface area contributed by atoms with Gasteiger partial charge in [0.05, 0.1) is 17.9 Å². The lowest BCUT2D eigenvalue weighted by molar-refractivity contribution is 0.0700. The van der Waals surface area contributed by atoms with E-state index in [4.69, 9.17) is 10.5 Å². The molecule has 1 aromatic heterocycles. The molecule has 1 saturated heterocycles. The third kappa shape index (κ3) is 12.9. The average Bonchev–Trinajstić information content (AvgIpc) is 3.31. The van der Waals surface area contributed by atoms with Gasteiger partial charge in [-0.05, 0) is 63.2 Å². The van der Waals surface area contributed by atoms with Crippen molar-refractivity contribution < 1.29 is 9.53 Å². The second-order valence-corrected chi connectivity index (χ2v) is 10.5. The Morgan fingerprint density at radius 1 is 1.24 bits per heavy atom. The number of nitrogens with zero attached hydrogens (tertiary/aromatic N) is 3. The molecule has 2 aromatic rings. The number of anilines is 1. The van der Waals surface area contributed by atoms with Gasteiger partial charge in [0, 0.05) is 25.1 Å². The summed E-state index contributed by atoms with van der Waals surface area (Å²) in [6, 6.07) is 10.1. The molecule has 2 heterocycles. The maximum atomic E-state index is 11.7. The first-order valence-electron chi connectivity index (χ1n) is 13.3. The van der Waals surface area contributed by atoms with Gasteiger partial charge in [0.1, 0.15) is 12.0 Å². The van der Waals surface area contributed by atoms with Gasteiger partial charge >= 0.3 is 6.03 Å². The number of nitrogens with two attached hydrogens (primary N) is 1. The number of aromatic nitrogens is 2. The fraction of sp³-hybridized carbons (Fsp3) is 0.571. The van der Waals surface area contributed by atoms with Gasteiger partial charge in [-0.15, -0.1) is 0 Å². The van der Waals surface area contributed by atoms with Crippen LogP contribution in [0.3, 0.4) is 0 Å². The first-order chi connectivity index (χ1) is 17.9. The summed E-state index contributed by atoms with van der Waals surface area (Å²) in [6.45, 7) is 9.65. The quantitative estimate of drug-likeness (QED) is 0.253. The van der Waals surface area contributed by atoms with E-state index in [-0.39, 0.29) is 6.03 Å². The highest BCUT2D eigenvalue weighted by Crippen LogP contribution is 2.23. The second-order valence-electron chi connectivity index (χ2n) is 9.35. The lowest BCUT2D eigenvalue weighted by Gasteiger charge is -2.11. The highest BCUT2D eigenvalue weighted by atomic mass is 32.2. The van der Waals surface area contributed by atoms with E-state index in [1.807, 2.05) is 43.1 Å². The number of carbonyl (C=O) groups excluding carboxylic acids is 1. The SMILES string of the molecule is CC1CCC(CSCCCNC(=O)NCCc2ccccc2)O1.CCC(C)C=Nc1c(C)ncnc1N. The van der Waals surface area contributed by atoms with Gasteiger partial charge in [-0.1, -0.05) is 44.2 Å². The number of amides is 2. The fourth-order valence-corrected chi connectivity index (χ4v) is 4.60. The Morgan fingerprint density at radius 2 is 2.00 bits per heavy atom. The molecule has 1 fully saturated rings. The number of aliphatic imine (C=N–C) groups is 1. The number of nitrogen functional groups attached to an aromatic ring is 1. The van der Waals surface area contributed by atoms with Crippen LogP contribution in [-0.2, 0) is 11.2 Å². The molecule has 3 rings (SSSR count). The van der Waals surface area contributed by atoms with Crippen molar-refractivity contribution in [3.05, 3.63) is 47.9 Å². The molecule has 3 unspecified atom stereocenters. The van der Waals surface area contributed by atoms with E-state index in [0.29, 0.717) is 36.2 Å². The van der Waals surface area contributed by atoms with Crippen molar-refractivity contribution in [3.63, 3.8) is 0 Å². The zero-order valence-corrected chi connectivity index (χ0v) is 23.6. The van der Waals surface area contributed by atoms with Crippen LogP contribution >= 0.6 is 11.8 Å². The number of ether oxygens (including phenoxy) is 1. The molecule has 3 atom stereocenters. The predicted molar refractivity (Wildman–Crippen MR) is 156 cm³/mol. The van der Waals surface area contributed by atoms with Crippen molar-refractivity contribution in [2.45, 2.75) is 72.0 Å². The van der Waals surface area contributed by atoms with Crippen molar-refractivity contribution in [2.24, 2.45) is 10.9 Å². The van der Waals surface area contributed by atoms with Crippen LogP contribution in [0.1, 0.15) is 57.7 Å². The van der Waals surface area contributed by atoms with Crippen molar-refractivity contribution in [3.8, 4) is 0 Å². The van der Waals surface area contributed by atoms with Crippen LogP contribution in [0.5, 0.6) is 0 Å². The molecule has 1 aromatic carbocycles. The molecule has 204 valence electrons. The van der Waals surface area contributed by atoms with Crippen molar-refractivity contribution >= 4 is 35.5 Å². The summed E-state index contributed by atoms with van der Waals surface area (Å²) in [5.74, 6) is 3.04. The van der Waals surface area contributed by atoms with Gasteiger partial charge in [0.15, 0.2) is 5.82 Å². The fourth-order valence-electron chi connectivity index (χ4n) is 3.58. The highest BCUT2D eigenvalue weighted by molar-refractivity contribution is 7.99. The van der Waals surface area contributed by atoms with E-state index in [0.717, 1.165) is 43.0 Å². The summed E-state index contributed by atoms with van der Waals surface area (Å²) in [5.41, 5.74) is 8.43. The van der Waals surface area contributed by atoms with Crippen LogP contribution in [0.4, 0.5) is 16.3 Å². The maximum absolute atomic E-state index is 11.7. The highest BCUT2D eigenvalue weighted by Gasteiger charge is 2.21. The molecule has 1 aliphatic heterocycles. The standard InChI is InChI=1S/C18H28N2O2S.C10H16N4/c1-15-8-9-17(22-15)14-23-13-5-11-19-18(21)20-12-10-16-6-3-2-4-7-16;1-4-7(2)5-12-9-8(3)13-6-14-10(9)11/h2-4,6-7,15,17H,5,8-14H2,1H3,(H2,19,20,21);5-7H,4H2,1-3H3,(H2,11,13,14). The summed E-state index contributed by atoms with van der Waals surface area (Å²) in [7, 11) is 0. The van der Waals surface area contributed by atoms with Crippen molar-refractivity contribution in [1.82, 2.24) is 20.6 Å². The molecule has 8 nitrogen and oxygen atoms in total. The summed E-state index contributed by atoms with van der Waals surface area (Å²) in [5, 5.41) is 5.80. The zero-order valence-electron chi connectivity index (χ0n) is 22.8. The van der Waals surface area contributed by atoms with E-state index in [9.17, 15) is 4.79 Å². The van der Waals surface area contributed by atoms with Gasteiger partial charge in [-0.3, -0.25) is 4.99 Å². The molecule has 0 radical (unpaired) electrons. The van der Waals surface area contributed by atoms with E-state index >= 15 is 0 Å². The molecule has 0 saturated carbocycles. The number of aryl methyl sites for hydroxylation is 1. The normalized spacial score (nSPS) is 17.7. The van der Waals surface area contributed by atoms with E-state index in [1.54, 1.807) is 0 Å². The summed E-state index contributed by atoms with van der Waals surface area (Å²) < 4.78 is 5.79. The first-order valence-corrected chi connectivity index (χ1v) is 14.4. The minimum absolute atomic E-state index is 0.0705. The van der Waals surface area contributed by atoms with Crippen LogP contribution in [-0.4, -0.2) is 59.0 Å². The number of hydrogen-bond acceptors (Lipinski definition) is 7. The number of urea groups is 1. The Hall–Kier alpha value is -2.65. The van der Waals surface area contributed by atoms with Gasteiger partial charge in [0.25, 0.3) is 0 Å². The van der Waals surface area contributed by atoms with Crippen molar-refractivity contribution in [2.75, 3.05) is 30.3 Å².